The van der Waals surface area contributed by atoms with E-state index >= 15 is 0 Å². The third kappa shape index (κ3) is 5.40. The van der Waals surface area contributed by atoms with E-state index < -0.39 is 0 Å². The van der Waals surface area contributed by atoms with Gasteiger partial charge in [0, 0.05) is 4.47 Å². The normalized spacial score (nSPS) is 14.6. The summed E-state index contributed by atoms with van der Waals surface area (Å²) in [5, 5.41) is 1.75. The maximum atomic E-state index is 13.2. The van der Waals surface area contributed by atoms with E-state index in [1.54, 1.807) is 30.3 Å². The van der Waals surface area contributed by atoms with Gasteiger partial charge in [-0.3, -0.25) is 14.5 Å². The minimum Gasteiger partial charge on any atom is -0.493 e. The highest BCUT2D eigenvalue weighted by Gasteiger charge is 2.35. The second-order valence-corrected chi connectivity index (χ2v) is 10.2. The highest BCUT2D eigenvalue weighted by molar-refractivity contribution is 9.10. The fourth-order valence-electron chi connectivity index (χ4n) is 4.05. The summed E-state index contributed by atoms with van der Waals surface area (Å²) < 4.78 is 25.2. The zero-order valence-electron chi connectivity index (χ0n) is 19.7. The molecule has 0 spiro atoms. The van der Waals surface area contributed by atoms with E-state index in [1.165, 1.54) is 24.1 Å². The molecule has 5 nitrogen and oxygen atoms in total. The van der Waals surface area contributed by atoms with E-state index in [0.29, 0.717) is 26.4 Å². The third-order valence-electron chi connectivity index (χ3n) is 5.96. The quantitative estimate of drug-likeness (QED) is 0.212. The SMILES string of the molecule is COc1cc(/C=C2/SC(=O)N(Cc3cccc4ccccc34)C2=O)c(Br)cc1OCc1ccc(F)cc1. The lowest BCUT2D eigenvalue weighted by Crippen LogP contribution is -2.27. The van der Waals surface area contributed by atoms with E-state index in [1.807, 2.05) is 42.5 Å². The number of carbonyl (C=O) groups is 2. The Hall–Kier alpha value is -3.62. The number of ether oxygens (including phenoxy) is 2. The minimum absolute atomic E-state index is 0.198. The van der Waals surface area contributed by atoms with E-state index in [9.17, 15) is 14.0 Å². The first-order valence-corrected chi connectivity index (χ1v) is 13.0. The van der Waals surface area contributed by atoms with Gasteiger partial charge in [0.05, 0.1) is 18.6 Å². The molecule has 0 radical (unpaired) electrons. The summed E-state index contributed by atoms with van der Waals surface area (Å²) in [6.07, 6.45) is 1.67. The lowest BCUT2D eigenvalue weighted by atomic mass is 10.0. The third-order valence-corrected chi connectivity index (χ3v) is 7.55. The van der Waals surface area contributed by atoms with Crippen LogP contribution in [0, 0.1) is 5.82 Å². The summed E-state index contributed by atoms with van der Waals surface area (Å²) in [5.74, 6) is 0.298. The summed E-state index contributed by atoms with van der Waals surface area (Å²) in [5.41, 5.74) is 2.39. The van der Waals surface area contributed by atoms with Gasteiger partial charge in [0.2, 0.25) is 0 Å². The Labute approximate surface area is 226 Å². The zero-order valence-corrected chi connectivity index (χ0v) is 22.1. The molecule has 0 unspecified atom stereocenters. The van der Waals surface area contributed by atoms with Gasteiger partial charge in [0.25, 0.3) is 11.1 Å². The van der Waals surface area contributed by atoms with Gasteiger partial charge in [-0.15, -0.1) is 0 Å². The maximum absolute atomic E-state index is 13.2. The Morgan fingerprint density at radius 2 is 1.73 bits per heavy atom. The van der Waals surface area contributed by atoms with Gasteiger partial charge in [-0.25, -0.2) is 4.39 Å². The van der Waals surface area contributed by atoms with Crippen LogP contribution in [-0.4, -0.2) is 23.2 Å². The minimum atomic E-state index is -0.342. The van der Waals surface area contributed by atoms with Crippen LogP contribution < -0.4 is 9.47 Å². The number of carbonyl (C=O) groups excluding carboxylic acids is 2. The molecule has 2 amide bonds. The molecular weight excluding hydrogens is 557 g/mol. The number of hydrogen-bond acceptors (Lipinski definition) is 5. The summed E-state index contributed by atoms with van der Waals surface area (Å²) in [4.78, 5) is 27.6. The molecule has 1 aliphatic rings. The first kappa shape index (κ1) is 25.0. The molecule has 5 rings (SSSR count). The van der Waals surface area contributed by atoms with Gasteiger partial charge >= 0.3 is 0 Å². The molecule has 0 aliphatic carbocycles. The number of methoxy groups -OCH3 is 1. The largest absolute Gasteiger partial charge is 0.493 e. The van der Waals surface area contributed by atoms with Crippen LogP contribution in [0.25, 0.3) is 16.8 Å². The average Bonchev–Trinajstić information content (AvgIpc) is 3.17. The Kier molecular flexibility index (Phi) is 7.30. The molecule has 0 saturated carbocycles. The first-order chi connectivity index (χ1) is 17.9. The molecule has 0 N–H and O–H groups in total. The van der Waals surface area contributed by atoms with E-state index in [4.69, 9.17) is 9.47 Å². The van der Waals surface area contributed by atoms with Crippen molar-refractivity contribution in [3.63, 3.8) is 0 Å². The van der Waals surface area contributed by atoms with Crippen LogP contribution in [0.2, 0.25) is 0 Å². The summed E-state index contributed by atoms with van der Waals surface area (Å²) in [6.45, 7) is 0.430. The molecule has 0 atom stereocenters. The number of halogens is 2. The number of imide groups is 1. The Bertz CT molecular complexity index is 1530. The first-order valence-electron chi connectivity index (χ1n) is 11.4. The Morgan fingerprint density at radius 1 is 0.973 bits per heavy atom. The van der Waals surface area contributed by atoms with Gasteiger partial charge < -0.3 is 9.47 Å². The lowest BCUT2D eigenvalue weighted by molar-refractivity contribution is -0.123. The smallest absolute Gasteiger partial charge is 0.293 e. The van der Waals surface area contributed by atoms with Crippen molar-refractivity contribution in [3.05, 3.63) is 111 Å². The van der Waals surface area contributed by atoms with E-state index in [0.717, 1.165) is 33.7 Å². The summed E-state index contributed by atoms with van der Waals surface area (Å²) >= 11 is 4.45. The van der Waals surface area contributed by atoms with Crippen molar-refractivity contribution in [1.82, 2.24) is 4.90 Å². The number of benzene rings is 4. The van der Waals surface area contributed by atoms with Crippen molar-refractivity contribution in [3.8, 4) is 11.5 Å². The number of fused-ring (bicyclic) bond motifs is 1. The number of thioether (sulfide) groups is 1. The number of nitrogens with zero attached hydrogens (tertiary/aromatic N) is 1. The average molecular weight is 578 g/mol. The molecule has 0 bridgehead atoms. The fourth-order valence-corrected chi connectivity index (χ4v) is 5.32. The molecule has 186 valence electrons. The molecular formula is C29H21BrFNO4S. The topological polar surface area (TPSA) is 55.8 Å². The molecule has 1 aliphatic heterocycles. The predicted octanol–water partition coefficient (Wildman–Crippen LogP) is 7.57. The van der Waals surface area contributed by atoms with Crippen LogP contribution in [0.4, 0.5) is 9.18 Å². The highest BCUT2D eigenvalue weighted by Crippen LogP contribution is 2.39. The van der Waals surface area contributed by atoms with Crippen LogP contribution in [-0.2, 0) is 17.9 Å². The molecule has 1 heterocycles. The van der Waals surface area contributed by atoms with Crippen LogP contribution in [0.1, 0.15) is 16.7 Å². The second kappa shape index (κ2) is 10.8. The highest BCUT2D eigenvalue weighted by atomic mass is 79.9. The molecule has 1 saturated heterocycles. The van der Waals surface area contributed by atoms with Gasteiger partial charge in [-0.1, -0.05) is 70.5 Å². The Morgan fingerprint density at radius 3 is 2.51 bits per heavy atom. The van der Waals surface area contributed by atoms with Crippen LogP contribution in [0.5, 0.6) is 11.5 Å². The van der Waals surface area contributed by atoms with Crippen LogP contribution in [0.15, 0.2) is 88.2 Å². The molecule has 4 aromatic rings. The van der Waals surface area contributed by atoms with Crippen molar-refractivity contribution >= 4 is 55.7 Å². The van der Waals surface area contributed by atoms with Crippen molar-refractivity contribution < 1.29 is 23.5 Å². The van der Waals surface area contributed by atoms with Crippen LogP contribution >= 0.6 is 27.7 Å². The van der Waals surface area contributed by atoms with E-state index in [2.05, 4.69) is 15.9 Å². The fraction of sp³-hybridized carbons (Fsp3) is 0.103. The van der Waals surface area contributed by atoms with Crippen LogP contribution in [0.3, 0.4) is 0 Å². The second-order valence-electron chi connectivity index (χ2n) is 8.35. The van der Waals surface area contributed by atoms with Gasteiger partial charge in [-0.2, -0.15) is 0 Å². The van der Waals surface area contributed by atoms with Crippen molar-refractivity contribution in [2.75, 3.05) is 7.11 Å². The molecule has 4 aromatic carbocycles. The van der Waals surface area contributed by atoms with Crippen molar-refractivity contribution in [2.24, 2.45) is 0 Å². The summed E-state index contributed by atoms with van der Waals surface area (Å²) in [7, 11) is 1.52. The summed E-state index contributed by atoms with van der Waals surface area (Å²) in [6, 6.07) is 23.3. The molecule has 8 heteroatoms. The van der Waals surface area contributed by atoms with E-state index in [-0.39, 0.29) is 30.1 Å². The predicted molar refractivity (Wildman–Crippen MR) is 147 cm³/mol. The lowest BCUT2D eigenvalue weighted by Gasteiger charge is -2.14. The zero-order chi connectivity index (χ0) is 25.9. The molecule has 37 heavy (non-hydrogen) atoms. The van der Waals surface area contributed by atoms with Gasteiger partial charge in [0.1, 0.15) is 12.4 Å². The number of hydrogen-bond donors (Lipinski definition) is 0. The number of amides is 2. The molecule has 0 aromatic heterocycles. The monoisotopic (exact) mass is 577 g/mol. The Balaban J connectivity index is 1.36. The van der Waals surface area contributed by atoms with Gasteiger partial charge in [-0.05, 0) is 69.6 Å². The maximum Gasteiger partial charge on any atom is 0.293 e. The van der Waals surface area contributed by atoms with Crippen molar-refractivity contribution in [2.45, 2.75) is 13.2 Å². The van der Waals surface area contributed by atoms with Crippen molar-refractivity contribution in [1.29, 1.82) is 0 Å². The van der Waals surface area contributed by atoms with Gasteiger partial charge in [0.15, 0.2) is 11.5 Å². The standard InChI is InChI=1S/C29H21BrFNO4S/c1-35-25-13-21(24(30)15-26(25)36-17-18-9-11-22(31)12-10-18)14-27-28(33)32(29(34)37-27)16-20-7-4-6-19-5-2-3-8-23(19)20/h2-15H,16-17H2,1H3/b27-14+. The number of rotatable bonds is 7. The molecule has 1 fully saturated rings.